The Kier molecular flexibility index (Phi) is 32.9. The Hall–Kier alpha value is -0.570. The molecule has 2 N–H and O–H groups in total. The molecule has 0 aliphatic rings. The standard InChI is InChI=1S/C34H69NO2/c1-2-3-4-5-6-7-8-9-10-11-12-13-14-15-16-17-18-19-20-21-22-23-24-25-26-29-32-35-33-30-27-28-31-34(36)37/h35H,2-33H2,1H3,(H,36,37). The molecule has 0 atom stereocenters. The van der Waals surface area contributed by atoms with Crippen LogP contribution in [0.2, 0.25) is 0 Å². The third kappa shape index (κ3) is 35.4. The van der Waals surface area contributed by atoms with Crippen molar-refractivity contribution in [1.29, 1.82) is 0 Å². The van der Waals surface area contributed by atoms with E-state index in [0.29, 0.717) is 6.42 Å². The van der Waals surface area contributed by atoms with E-state index in [-0.39, 0.29) is 0 Å². The molecule has 0 rings (SSSR count). The molecule has 0 bridgehead atoms. The van der Waals surface area contributed by atoms with Crippen LogP contribution in [0.4, 0.5) is 0 Å². The molecule has 0 heterocycles. The van der Waals surface area contributed by atoms with E-state index in [2.05, 4.69) is 12.2 Å². The molecule has 0 radical (unpaired) electrons. The molecule has 0 aromatic heterocycles. The Morgan fingerprint density at radius 3 is 0.919 bits per heavy atom. The van der Waals surface area contributed by atoms with E-state index in [1.165, 1.54) is 167 Å². The Balaban J connectivity index is 3.02. The van der Waals surface area contributed by atoms with E-state index < -0.39 is 5.97 Å². The number of carboxylic acid groups (broad SMARTS) is 1. The fourth-order valence-corrected chi connectivity index (χ4v) is 5.39. The zero-order chi connectivity index (χ0) is 26.9. The Bertz CT molecular complexity index is 426. The number of carbonyl (C=O) groups is 1. The molecule has 37 heavy (non-hydrogen) atoms. The van der Waals surface area contributed by atoms with E-state index in [0.717, 1.165) is 32.4 Å². The number of aliphatic carboxylic acids is 1. The summed E-state index contributed by atoms with van der Waals surface area (Å²) in [5.74, 6) is -0.668. The van der Waals surface area contributed by atoms with Gasteiger partial charge in [-0.2, -0.15) is 0 Å². The fourth-order valence-electron chi connectivity index (χ4n) is 5.39. The lowest BCUT2D eigenvalue weighted by Gasteiger charge is -2.05. The van der Waals surface area contributed by atoms with E-state index in [4.69, 9.17) is 5.11 Å². The predicted molar refractivity (Wildman–Crippen MR) is 165 cm³/mol. The van der Waals surface area contributed by atoms with Crippen molar-refractivity contribution in [3.8, 4) is 0 Å². The molecule has 0 spiro atoms. The van der Waals surface area contributed by atoms with Crippen molar-refractivity contribution < 1.29 is 9.90 Å². The van der Waals surface area contributed by atoms with Crippen molar-refractivity contribution in [2.24, 2.45) is 0 Å². The van der Waals surface area contributed by atoms with E-state index >= 15 is 0 Å². The number of rotatable bonds is 33. The van der Waals surface area contributed by atoms with Crippen molar-refractivity contribution in [3.05, 3.63) is 0 Å². The van der Waals surface area contributed by atoms with Gasteiger partial charge < -0.3 is 10.4 Å². The number of unbranched alkanes of at least 4 members (excludes halogenated alkanes) is 27. The highest BCUT2D eigenvalue weighted by Gasteiger charge is 1.98. The Morgan fingerprint density at radius 2 is 0.649 bits per heavy atom. The summed E-state index contributed by atoms with van der Waals surface area (Å²) in [5, 5.41) is 12.1. The summed E-state index contributed by atoms with van der Waals surface area (Å²) in [5.41, 5.74) is 0. The van der Waals surface area contributed by atoms with Gasteiger partial charge in [0.15, 0.2) is 0 Å². The highest BCUT2D eigenvalue weighted by molar-refractivity contribution is 5.66. The number of hydrogen-bond donors (Lipinski definition) is 2. The van der Waals surface area contributed by atoms with Gasteiger partial charge in [0.1, 0.15) is 0 Å². The van der Waals surface area contributed by atoms with Gasteiger partial charge in [-0.25, -0.2) is 0 Å². The first-order valence-electron chi connectivity index (χ1n) is 17.2. The van der Waals surface area contributed by atoms with Crippen molar-refractivity contribution in [3.63, 3.8) is 0 Å². The van der Waals surface area contributed by atoms with Crippen LogP contribution in [0.3, 0.4) is 0 Å². The zero-order valence-electron chi connectivity index (χ0n) is 25.5. The molecule has 0 amide bonds. The first kappa shape index (κ1) is 36.4. The Labute approximate surface area is 233 Å². The summed E-state index contributed by atoms with van der Waals surface area (Å²) < 4.78 is 0. The fraction of sp³-hybridized carbons (Fsp3) is 0.971. The number of nitrogens with one attached hydrogen (secondary N) is 1. The monoisotopic (exact) mass is 524 g/mol. The lowest BCUT2D eigenvalue weighted by molar-refractivity contribution is -0.137. The van der Waals surface area contributed by atoms with Crippen LogP contribution in [0.15, 0.2) is 0 Å². The summed E-state index contributed by atoms with van der Waals surface area (Å²) >= 11 is 0. The molecule has 0 fully saturated rings. The minimum Gasteiger partial charge on any atom is -0.481 e. The van der Waals surface area contributed by atoms with Gasteiger partial charge in [-0.1, -0.05) is 174 Å². The average molecular weight is 524 g/mol. The molecule has 3 nitrogen and oxygen atoms in total. The molecule has 0 aromatic rings. The second-order valence-corrected chi connectivity index (χ2v) is 11.8. The van der Waals surface area contributed by atoms with Crippen LogP contribution in [0.25, 0.3) is 0 Å². The van der Waals surface area contributed by atoms with E-state index in [9.17, 15) is 4.79 Å². The third-order valence-electron chi connectivity index (χ3n) is 7.95. The van der Waals surface area contributed by atoms with Crippen LogP contribution in [0.5, 0.6) is 0 Å². The van der Waals surface area contributed by atoms with Crippen molar-refractivity contribution in [2.75, 3.05) is 13.1 Å². The molecular formula is C34H69NO2. The lowest BCUT2D eigenvalue weighted by atomic mass is 10.0. The van der Waals surface area contributed by atoms with Crippen LogP contribution in [0.1, 0.15) is 200 Å². The highest BCUT2D eigenvalue weighted by Crippen LogP contribution is 2.16. The van der Waals surface area contributed by atoms with Crippen LogP contribution >= 0.6 is 0 Å². The topological polar surface area (TPSA) is 49.3 Å². The van der Waals surface area contributed by atoms with E-state index in [1.807, 2.05) is 0 Å². The summed E-state index contributed by atoms with van der Waals surface area (Å²) in [7, 11) is 0. The zero-order valence-corrected chi connectivity index (χ0v) is 25.5. The minimum atomic E-state index is -0.668. The third-order valence-corrected chi connectivity index (χ3v) is 7.95. The van der Waals surface area contributed by atoms with Gasteiger partial charge in [0.05, 0.1) is 0 Å². The molecule has 0 aromatic carbocycles. The van der Waals surface area contributed by atoms with Crippen molar-refractivity contribution >= 4 is 5.97 Å². The van der Waals surface area contributed by atoms with Crippen LogP contribution in [-0.2, 0) is 4.79 Å². The van der Waals surface area contributed by atoms with Gasteiger partial charge in [0, 0.05) is 6.42 Å². The SMILES string of the molecule is CCCCCCCCCCCCCCCCCCCCCCCCCCCCNCCCCCC(=O)O. The van der Waals surface area contributed by atoms with Gasteiger partial charge >= 0.3 is 5.97 Å². The summed E-state index contributed by atoms with van der Waals surface area (Å²) in [4.78, 5) is 10.4. The summed E-state index contributed by atoms with van der Waals surface area (Å²) in [6, 6.07) is 0. The first-order valence-corrected chi connectivity index (χ1v) is 17.2. The first-order chi connectivity index (χ1) is 18.3. The molecular weight excluding hydrogens is 454 g/mol. The molecule has 0 unspecified atom stereocenters. The van der Waals surface area contributed by atoms with Crippen molar-refractivity contribution in [1.82, 2.24) is 5.32 Å². The van der Waals surface area contributed by atoms with Crippen LogP contribution in [-0.4, -0.2) is 24.2 Å². The van der Waals surface area contributed by atoms with Gasteiger partial charge in [-0.15, -0.1) is 0 Å². The van der Waals surface area contributed by atoms with Crippen molar-refractivity contribution in [2.45, 2.75) is 200 Å². The average Bonchev–Trinajstić information content (AvgIpc) is 2.89. The van der Waals surface area contributed by atoms with Gasteiger partial charge in [0.25, 0.3) is 0 Å². The number of carboxylic acids is 1. The summed E-state index contributed by atoms with van der Waals surface area (Å²) in [6.07, 6.45) is 40.8. The second-order valence-electron chi connectivity index (χ2n) is 11.8. The van der Waals surface area contributed by atoms with Gasteiger partial charge in [-0.3, -0.25) is 4.79 Å². The minimum absolute atomic E-state index is 0.319. The molecule has 0 saturated heterocycles. The predicted octanol–water partition coefficient (Wildman–Crippen LogP) is 11.4. The summed E-state index contributed by atoms with van der Waals surface area (Å²) in [6.45, 7) is 4.46. The van der Waals surface area contributed by atoms with E-state index in [1.54, 1.807) is 0 Å². The molecule has 222 valence electrons. The molecule has 0 aliphatic carbocycles. The maximum Gasteiger partial charge on any atom is 0.303 e. The lowest BCUT2D eigenvalue weighted by Crippen LogP contribution is -2.16. The number of hydrogen-bond acceptors (Lipinski definition) is 2. The van der Waals surface area contributed by atoms with Crippen LogP contribution in [0, 0.1) is 0 Å². The van der Waals surface area contributed by atoms with Gasteiger partial charge in [-0.05, 0) is 32.4 Å². The maximum atomic E-state index is 10.4. The Morgan fingerprint density at radius 1 is 0.405 bits per heavy atom. The molecule has 0 aliphatic heterocycles. The van der Waals surface area contributed by atoms with Gasteiger partial charge in [0.2, 0.25) is 0 Å². The molecule has 3 heteroatoms. The maximum absolute atomic E-state index is 10.4. The second kappa shape index (κ2) is 33.5. The smallest absolute Gasteiger partial charge is 0.303 e. The molecule has 0 saturated carbocycles. The quantitative estimate of drug-likeness (QED) is 0.0841. The normalized spacial score (nSPS) is 11.4. The highest BCUT2D eigenvalue weighted by atomic mass is 16.4. The largest absolute Gasteiger partial charge is 0.481 e. The van der Waals surface area contributed by atoms with Crippen LogP contribution < -0.4 is 5.32 Å².